The Morgan fingerprint density at radius 3 is 2.83 bits per heavy atom. The number of ether oxygens (including phenoxy) is 2. The lowest BCUT2D eigenvalue weighted by molar-refractivity contribution is -0.142. The molecule has 0 aliphatic carbocycles. The first kappa shape index (κ1) is 16.9. The molecule has 0 aliphatic heterocycles. The number of halogens is 2. The van der Waals surface area contributed by atoms with Crippen molar-refractivity contribution < 1.29 is 23.0 Å². The van der Waals surface area contributed by atoms with Crippen LogP contribution in [0.25, 0.3) is 0 Å². The fourth-order valence-corrected chi connectivity index (χ4v) is 1.86. The minimum atomic E-state index is -2.84. The van der Waals surface area contributed by atoms with Crippen LogP contribution in [-0.4, -0.2) is 35.0 Å². The van der Waals surface area contributed by atoms with Gasteiger partial charge in [0, 0.05) is 24.9 Å². The van der Waals surface area contributed by atoms with Crippen LogP contribution >= 0.6 is 0 Å². The zero-order valence-electron chi connectivity index (χ0n) is 12.7. The number of nitrogens with one attached hydrogen (secondary N) is 1. The number of alkyl halides is 2. The van der Waals surface area contributed by atoms with Gasteiger partial charge in [-0.3, -0.25) is 9.48 Å². The Morgan fingerprint density at radius 2 is 2.17 bits per heavy atom. The maximum Gasteiger partial charge on any atom is 0.345 e. The zero-order chi connectivity index (χ0) is 16.8. The second-order valence-electron chi connectivity index (χ2n) is 4.88. The normalized spacial score (nSPS) is 12.2. The van der Waals surface area contributed by atoms with Crippen LogP contribution in [0.4, 0.5) is 14.6 Å². The lowest BCUT2D eigenvalue weighted by Gasteiger charge is -2.15. The van der Waals surface area contributed by atoms with Crippen LogP contribution in [-0.2, 0) is 11.8 Å². The van der Waals surface area contributed by atoms with Crippen molar-refractivity contribution >= 4 is 11.7 Å². The van der Waals surface area contributed by atoms with Gasteiger partial charge in [0.15, 0.2) is 5.82 Å². The summed E-state index contributed by atoms with van der Waals surface area (Å²) >= 11 is 0. The molecule has 0 radical (unpaired) electrons. The van der Waals surface area contributed by atoms with Gasteiger partial charge in [0.1, 0.15) is 11.9 Å². The number of amides is 1. The molecule has 1 aromatic carbocycles. The van der Waals surface area contributed by atoms with Crippen LogP contribution in [0.5, 0.6) is 5.75 Å². The van der Waals surface area contributed by atoms with E-state index in [1.807, 2.05) is 0 Å². The molecule has 0 aliphatic rings. The summed E-state index contributed by atoms with van der Waals surface area (Å²) in [5, 5.41) is 6.70. The minimum absolute atomic E-state index is 0.248. The van der Waals surface area contributed by atoms with Crippen molar-refractivity contribution in [1.29, 1.82) is 0 Å². The number of aromatic nitrogens is 2. The van der Waals surface area contributed by atoms with E-state index in [1.54, 1.807) is 49.1 Å². The molecular formula is C15H17F2N3O3. The first-order chi connectivity index (χ1) is 10.9. The Hall–Kier alpha value is -2.48. The van der Waals surface area contributed by atoms with Gasteiger partial charge in [0.25, 0.3) is 5.91 Å². The summed E-state index contributed by atoms with van der Waals surface area (Å²) < 4.78 is 35.2. The second-order valence-corrected chi connectivity index (χ2v) is 4.88. The van der Waals surface area contributed by atoms with E-state index < -0.39 is 12.7 Å². The van der Waals surface area contributed by atoms with E-state index in [4.69, 9.17) is 4.74 Å². The van der Waals surface area contributed by atoms with Crippen LogP contribution in [0.3, 0.4) is 0 Å². The van der Waals surface area contributed by atoms with E-state index in [-0.39, 0.29) is 12.5 Å². The van der Waals surface area contributed by atoms with E-state index in [0.717, 1.165) is 0 Å². The number of anilines is 1. The lowest BCUT2D eigenvalue weighted by Crippen LogP contribution is -2.21. The van der Waals surface area contributed by atoms with Gasteiger partial charge in [0.05, 0.1) is 6.61 Å². The first-order valence-corrected chi connectivity index (χ1v) is 6.91. The summed E-state index contributed by atoms with van der Waals surface area (Å²) in [7, 11) is 1.74. The Labute approximate surface area is 132 Å². The molecule has 2 rings (SSSR count). The molecule has 8 heteroatoms. The van der Waals surface area contributed by atoms with Crippen molar-refractivity contribution in [3.8, 4) is 5.75 Å². The predicted molar refractivity (Wildman–Crippen MR) is 79.6 cm³/mol. The van der Waals surface area contributed by atoms with Crippen LogP contribution < -0.4 is 10.1 Å². The number of nitrogens with zero attached hydrogens (tertiary/aromatic N) is 2. The fraction of sp³-hybridized carbons (Fsp3) is 0.333. The third-order valence-electron chi connectivity index (χ3n) is 2.85. The van der Waals surface area contributed by atoms with Crippen molar-refractivity contribution in [2.45, 2.75) is 19.6 Å². The molecule has 0 saturated carbocycles. The summed E-state index contributed by atoms with van der Waals surface area (Å²) in [6.07, 6.45) is 1.14. The third kappa shape index (κ3) is 5.33. The molecule has 23 heavy (non-hydrogen) atoms. The molecule has 0 unspecified atom stereocenters. The minimum Gasteiger partial charge on any atom is -0.488 e. The van der Waals surface area contributed by atoms with Gasteiger partial charge in [0.2, 0.25) is 0 Å². The van der Waals surface area contributed by atoms with Gasteiger partial charge < -0.3 is 14.8 Å². The molecule has 0 saturated heterocycles. The highest BCUT2D eigenvalue weighted by molar-refractivity contribution is 6.03. The summed E-state index contributed by atoms with van der Waals surface area (Å²) in [6, 6.07) is 8.09. The van der Waals surface area contributed by atoms with Gasteiger partial charge in [-0.05, 0) is 25.1 Å². The molecule has 0 fully saturated rings. The smallest absolute Gasteiger partial charge is 0.345 e. The molecule has 1 N–H and O–H groups in total. The van der Waals surface area contributed by atoms with Crippen LogP contribution in [0.1, 0.15) is 17.3 Å². The third-order valence-corrected chi connectivity index (χ3v) is 2.85. The van der Waals surface area contributed by atoms with E-state index >= 15 is 0 Å². The Kier molecular flexibility index (Phi) is 5.64. The standard InChI is InChI=1S/C15H17F2N3O3/c1-10(9-22-15(16)17)23-12-5-3-4-11(8-12)14(21)18-13-6-7-20(2)19-13/h3-8,10,15H,9H2,1-2H3,(H,18,19,21)/t10-/m0/s1. The molecule has 1 aromatic heterocycles. The molecule has 124 valence electrons. The van der Waals surface area contributed by atoms with Crippen LogP contribution in [0, 0.1) is 0 Å². The van der Waals surface area contributed by atoms with E-state index in [0.29, 0.717) is 17.1 Å². The lowest BCUT2D eigenvalue weighted by atomic mass is 10.2. The van der Waals surface area contributed by atoms with Crippen molar-refractivity contribution in [3.05, 3.63) is 42.1 Å². The Morgan fingerprint density at radius 1 is 1.39 bits per heavy atom. The number of aryl methyl sites for hydroxylation is 1. The first-order valence-electron chi connectivity index (χ1n) is 6.91. The number of carbonyl (C=O) groups excluding carboxylic acids is 1. The van der Waals surface area contributed by atoms with Crippen LogP contribution in [0.2, 0.25) is 0 Å². The molecule has 0 spiro atoms. The van der Waals surface area contributed by atoms with Crippen molar-refractivity contribution in [1.82, 2.24) is 9.78 Å². The molecular weight excluding hydrogens is 308 g/mol. The largest absolute Gasteiger partial charge is 0.488 e. The summed E-state index contributed by atoms with van der Waals surface area (Å²) in [6.45, 7) is -1.48. The second kappa shape index (κ2) is 7.68. The number of carbonyl (C=O) groups is 1. The monoisotopic (exact) mass is 325 g/mol. The number of rotatable bonds is 7. The van der Waals surface area contributed by atoms with Crippen molar-refractivity contribution in [2.75, 3.05) is 11.9 Å². The van der Waals surface area contributed by atoms with Crippen molar-refractivity contribution in [3.63, 3.8) is 0 Å². The summed E-state index contributed by atoms with van der Waals surface area (Å²) in [5.74, 6) is 0.484. The highest BCUT2D eigenvalue weighted by atomic mass is 19.3. The zero-order valence-corrected chi connectivity index (χ0v) is 12.7. The maximum absolute atomic E-state index is 12.1. The van der Waals surface area contributed by atoms with Gasteiger partial charge in [-0.25, -0.2) is 0 Å². The molecule has 1 atom stereocenters. The number of benzene rings is 1. The van der Waals surface area contributed by atoms with Gasteiger partial charge in [-0.15, -0.1) is 0 Å². The maximum atomic E-state index is 12.1. The molecule has 2 aromatic rings. The SMILES string of the molecule is C[C@@H](COC(F)F)Oc1cccc(C(=O)Nc2ccn(C)n2)c1. The van der Waals surface area contributed by atoms with Gasteiger partial charge in [-0.1, -0.05) is 6.07 Å². The molecule has 0 bridgehead atoms. The van der Waals surface area contributed by atoms with Gasteiger partial charge >= 0.3 is 6.61 Å². The van der Waals surface area contributed by atoms with Gasteiger partial charge in [-0.2, -0.15) is 13.9 Å². The Bertz CT molecular complexity index is 661. The van der Waals surface area contributed by atoms with Crippen LogP contribution in [0.15, 0.2) is 36.5 Å². The van der Waals surface area contributed by atoms with E-state index in [2.05, 4.69) is 15.2 Å². The fourth-order valence-electron chi connectivity index (χ4n) is 1.86. The number of hydrogen-bond acceptors (Lipinski definition) is 4. The average molecular weight is 325 g/mol. The summed E-state index contributed by atoms with van der Waals surface area (Å²) in [5.41, 5.74) is 0.370. The molecule has 1 heterocycles. The van der Waals surface area contributed by atoms with Crippen molar-refractivity contribution in [2.24, 2.45) is 7.05 Å². The average Bonchev–Trinajstić information content (AvgIpc) is 2.90. The van der Waals surface area contributed by atoms with E-state index in [1.165, 1.54) is 6.07 Å². The van der Waals surface area contributed by atoms with E-state index in [9.17, 15) is 13.6 Å². The summed E-state index contributed by atoms with van der Waals surface area (Å²) in [4.78, 5) is 12.1. The number of hydrogen-bond donors (Lipinski definition) is 1. The highest BCUT2D eigenvalue weighted by Gasteiger charge is 2.12. The Balaban J connectivity index is 1.97. The molecule has 1 amide bonds. The highest BCUT2D eigenvalue weighted by Crippen LogP contribution is 2.16. The predicted octanol–water partition coefficient (Wildman–Crippen LogP) is 2.68. The molecule has 6 nitrogen and oxygen atoms in total. The quantitative estimate of drug-likeness (QED) is 0.850. The topological polar surface area (TPSA) is 65.4 Å².